The Hall–Kier alpha value is -3.06. The minimum atomic E-state index is -4.43. The van der Waals surface area contributed by atoms with E-state index in [1.54, 1.807) is 24.3 Å². The first-order chi connectivity index (χ1) is 18.2. The normalized spacial score (nSPS) is 25.1. The van der Waals surface area contributed by atoms with E-state index in [-0.39, 0.29) is 24.0 Å². The molecule has 0 spiro atoms. The van der Waals surface area contributed by atoms with Crippen molar-refractivity contribution in [3.05, 3.63) is 70.3 Å². The molecule has 39 heavy (non-hydrogen) atoms. The predicted molar refractivity (Wildman–Crippen MR) is 146 cm³/mol. The third kappa shape index (κ3) is 4.39. The van der Waals surface area contributed by atoms with Crippen molar-refractivity contribution in [2.75, 3.05) is 13.3 Å². The summed E-state index contributed by atoms with van der Waals surface area (Å²) in [4.78, 5) is 24.5. The molecule has 1 fully saturated rings. The maximum Gasteiger partial charge on any atom is 0.289 e. The summed E-state index contributed by atoms with van der Waals surface area (Å²) < 4.78 is 46.8. The molecule has 12 heteroatoms. The van der Waals surface area contributed by atoms with Crippen LogP contribution in [-0.2, 0) is 24.7 Å². The van der Waals surface area contributed by atoms with Gasteiger partial charge in [-0.25, -0.2) is 8.42 Å². The Labute approximate surface area is 228 Å². The SMILES string of the molecule is CC(C)(C)[Si](C)(C)O[C@H]1C=C[C@@]2(c3ccc4c(c3)OCO4)C(=O)CN(S(=O)(=O)c3ccccc3[N+](=O)[O-])[C@H]2C1. The average molecular weight is 573 g/mol. The van der Waals surface area contributed by atoms with Crippen molar-refractivity contribution in [3.8, 4) is 11.5 Å². The van der Waals surface area contributed by atoms with Gasteiger partial charge in [0.2, 0.25) is 6.79 Å². The maximum absolute atomic E-state index is 14.0. The number of nitro benzene ring substituents is 1. The molecule has 0 radical (unpaired) electrons. The smallest absolute Gasteiger partial charge is 0.289 e. The fourth-order valence-corrected chi connectivity index (χ4v) is 8.38. The molecular formula is C27H32N2O8SSi. The van der Waals surface area contributed by atoms with Gasteiger partial charge in [-0.1, -0.05) is 51.1 Å². The Bertz CT molecular complexity index is 1480. The molecule has 2 aromatic rings. The van der Waals surface area contributed by atoms with Gasteiger partial charge in [0.05, 0.1) is 23.0 Å². The number of para-hydroxylation sites is 1. The fourth-order valence-electron chi connectivity index (χ4n) is 5.31. The summed E-state index contributed by atoms with van der Waals surface area (Å²) in [6.45, 7) is 10.2. The number of fused-ring (bicyclic) bond motifs is 2. The van der Waals surface area contributed by atoms with Crippen LogP contribution in [0.15, 0.2) is 59.5 Å². The number of ketones is 1. The summed E-state index contributed by atoms with van der Waals surface area (Å²) in [7, 11) is -6.69. The summed E-state index contributed by atoms with van der Waals surface area (Å²) >= 11 is 0. The number of Topliss-reactive ketones (excluding diaryl/α,β-unsaturated/α-hetero) is 1. The van der Waals surface area contributed by atoms with Gasteiger partial charge in [-0.15, -0.1) is 0 Å². The first-order valence-electron chi connectivity index (χ1n) is 12.7. The van der Waals surface area contributed by atoms with Crippen LogP contribution in [0.5, 0.6) is 11.5 Å². The van der Waals surface area contributed by atoms with E-state index >= 15 is 0 Å². The number of carbonyl (C=O) groups excluding carboxylic acids is 1. The second-order valence-electron chi connectivity index (χ2n) is 11.7. The van der Waals surface area contributed by atoms with E-state index in [2.05, 4.69) is 33.9 Å². The van der Waals surface area contributed by atoms with Crippen molar-refractivity contribution in [2.45, 2.75) is 67.8 Å². The molecule has 0 bridgehead atoms. The molecular weight excluding hydrogens is 540 g/mol. The second kappa shape index (κ2) is 9.25. The zero-order valence-electron chi connectivity index (χ0n) is 22.5. The van der Waals surface area contributed by atoms with E-state index in [0.29, 0.717) is 17.1 Å². The Morgan fingerprint density at radius 1 is 1.13 bits per heavy atom. The summed E-state index contributed by atoms with van der Waals surface area (Å²) in [5.74, 6) is 0.692. The molecule has 0 amide bonds. The molecule has 3 aliphatic rings. The minimum Gasteiger partial charge on any atom is -0.454 e. The molecule has 10 nitrogen and oxygen atoms in total. The van der Waals surface area contributed by atoms with Gasteiger partial charge in [-0.2, -0.15) is 4.31 Å². The number of nitro groups is 1. The summed E-state index contributed by atoms with van der Waals surface area (Å²) in [6.07, 6.45) is 3.39. The Kier molecular flexibility index (Phi) is 6.53. The van der Waals surface area contributed by atoms with Crippen molar-refractivity contribution in [3.63, 3.8) is 0 Å². The third-order valence-corrected chi connectivity index (χ3v) is 14.8. The van der Waals surface area contributed by atoms with E-state index in [1.165, 1.54) is 18.2 Å². The average Bonchev–Trinajstić information content (AvgIpc) is 3.45. The molecule has 0 N–H and O–H groups in total. The lowest BCUT2D eigenvalue weighted by molar-refractivity contribution is -0.387. The lowest BCUT2D eigenvalue weighted by Gasteiger charge is -2.44. The second-order valence-corrected chi connectivity index (χ2v) is 18.3. The lowest BCUT2D eigenvalue weighted by atomic mass is 9.69. The van der Waals surface area contributed by atoms with E-state index in [0.717, 1.165) is 10.4 Å². The zero-order valence-corrected chi connectivity index (χ0v) is 24.4. The molecule has 208 valence electrons. The Morgan fingerprint density at radius 3 is 2.51 bits per heavy atom. The number of hydrogen-bond donors (Lipinski definition) is 0. The van der Waals surface area contributed by atoms with Gasteiger partial charge in [0.25, 0.3) is 15.7 Å². The van der Waals surface area contributed by atoms with Crippen molar-refractivity contribution in [1.29, 1.82) is 0 Å². The number of sulfonamides is 1. The van der Waals surface area contributed by atoms with E-state index in [1.807, 2.05) is 6.08 Å². The topological polar surface area (TPSA) is 125 Å². The van der Waals surface area contributed by atoms with Gasteiger partial charge < -0.3 is 13.9 Å². The molecule has 2 aliphatic heterocycles. The van der Waals surface area contributed by atoms with Gasteiger partial charge in [0.1, 0.15) is 0 Å². The number of rotatable bonds is 6. The maximum atomic E-state index is 14.0. The minimum absolute atomic E-state index is 0.0552. The lowest BCUT2D eigenvalue weighted by Crippen LogP contribution is -2.52. The largest absolute Gasteiger partial charge is 0.454 e. The third-order valence-electron chi connectivity index (χ3n) is 8.41. The Balaban J connectivity index is 1.64. The first kappa shape index (κ1) is 27.5. The number of ether oxygens (including phenoxy) is 2. The van der Waals surface area contributed by atoms with Crippen molar-refractivity contribution < 1.29 is 32.0 Å². The van der Waals surface area contributed by atoms with Crippen LogP contribution in [0.2, 0.25) is 18.1 Å². The van der Waals surface area contributed by atoms with Gasteiger partial charge in [-0.05, 0) is 48.3 Å². The van der Waals surface area contributed by atoms with E-state index < -0.39 is 58.0 Å². The predicted octanol–water partition coefficient (Wildman–Crippen LogP) is 4.55. The molecule has 1 aliphatic carbocycles. The molecule has 0 unspecified atom stereocenters. The Morgan fingerprint density at radius 2 is 1.82 bits per heavy atom. The summed E-state index contributed by atoms with van der Waals surface area (Å²) in [5.41, 5.74) is -1.28. The van der Waals surface area contributed by atoms with Crippen molar-refractivity contribution >= 4 is 29.8 Å². The molecule has 2 aromatic carbocycles. The van der Waals surface area contributed by atoms with Crippen LogP contribution < -0.4 is 9.47 Å². The monoisotopic (exact) mass is 572 g/mol. The molecule has 2 heterocycles. The fraction of sp³-hybridized carbons (Fsp3) is 0.444. The van der Waals surface area contributed by atoms with Crippen LogP contribution in [0.1, 0.15) is 32.8 Å². The van der Waals surface area contributed by atoms with E-state index in [4.69, 9.17) is 13.9 Å². The summed E-state index contributed by atoms with van der Waals surface area (Å²) in [5, 5.41) is 11.6. The van der Waals surface area contributed by atoms with Gasteiger partial charge in [0.15, 0.2) is 30.5 Å². The first-order valence-corrected chi connectivity index (χ1v) is 17.1. The van der Waals surface area contributed by atoms with Crippen molar-refractivity contribution in [1.82, 2.24) is 4.31 Å². The highest BCUT2D eigenvalue weighted by molar-refractivity contribution is 7.89. The van der Waals surface area contributed by atoms with Crippen LogP contribution in [0.4, 0.5) is 5.69 Å². The van der Waals surface area contributed by atoms with E-state index in [9.17, 15) is 23.3 Å². The van der Waals surface area contributed by atoms with Crippen LogP contribution in [0.3, 0.4) is 0 Å². The number of nitrogens with zero attached hydrogens (tertiary/aromatic N) is 2. The van der Waals surface area contributed by atoms with Crippen LogP contribution in [0.25, 0.3) is 0 Å². The highest BCUT2D eigenvalue weighted by atomic mass is 32.2. The molecule has 5 rings (SSSR count). The quantitative estimate of drug-likeness (QED) is 0.214. The number of benzene rings is 2. The molecule has 0 aromatic heterocycles. The van der Waals surface area contributed by atoms with Crippen LogP contribution in [0, 0.1) is 10.1 Å². The van der Waals surface area contributed by atoms with Crippen LogP contribution >= 0.6 is 0 Å². The number of hydrogen-bond acceptors (Lipinski definition) is 8. The standard InChI is InChI=1S/C27H32N2O8SSi/c1-26(2,3)39(4,5)37-19-12-13-27(18-10-11-21-22(14-18)36-17-35-21)24(15-19)28(16-25(27)30)38(33,34)23-9-7-6-8-20(23)29(31)32/h6-14,19,24H,15-17H2,1-5H3/t19-,24-,27-/m0/s1. The zero-order chi connectivity index (χ0) is 28.4. The number of carbonyl (C=O) groups is 1. The molecule has 0 saturated carbocycles. The summed E-state index contributed by atoms with van der Waals surface area (Å²) in [6, 6.07) is 9.52. The molecule has 3 atom stereocenters. The van der Waals surface area contributed by atoms with Gasteiger partial charge in [-0.3, -0.25) is 14.9 Å². The van der Waals surface area contributed by atoms with Gasteiger partial charge >= 0.3 is 0 Å². The molecule has 1 saturated heterocycles. The van der Waals surface area contributed by atoms with Crippen molar-refractivity contribution in [2.24, 2.45) is 0 Å². The highest BCUT2D eigenvalue weighted by Gasteiger charge is 2.60. The van der Waals surface area contributed by atoms with Gasteiger partial charge in [0, 0.05) is 12.1 Å². The highest BCUT2D eigenvalue weighted by Crippen LogP contribution is 2.50. The van der Waals surface area contributed by atoms with Crippen LogP contribution in [-0.4, -0.2) is 57.2 Å².